The number of hydrogen-bond donors (Lipinski definition) is 0. The lowest BCUT2D eigenvalue weighted by Crippen LogP contribution is -1.99. The molecule has 0 saturated carbocycles. The van der Waals surface area contributed by atoms with E-state index in [1.54, 1.807) is 0 Å². The van der Waals surface area contributed by atoms with Crippen molar-refractivity contribution in [3.05, 3.63) is 34.6 Å². The molecule has 0 saturated heterocycles. The molecule has 1 rings (SSSR count). The van der Waals surface area contributed by atoms with Gasteiger partial charge in [0.1, 0.15) is 5.82 Å². The van der Waals surface area contributed by atoms with E-state index in [9.17, 15) is 9.18 Å². The second-order valence-electron chi connectivity index (χ2n) is 2.75. The van der Waals surface area contributed by atoms with Gasteiger partial charge in [0.25, 0.3) is 0 Å². The van der Waals surface area contributed by atoms with E-state index >= 15 is 0 Å². The molecule has 0 N–H and O–H groups in total. The van der Waals surface area contributed by atoms with Crippen LogP contribution in [-0.2, 0) is 0 Å². The van der Waals surface area contributed by atoms with E-state index in [1.165, 1.54) is 12.1 Å². The topological polar surface area (TPSA) is 17.1 Å². The third-order valence-corrected chi connectivity index (χ3v) is 2.04. The van der Waals surface area contributed by atoms with E-state index in [0.717, 1.165) is 6.07 Å². The van der Waals surface area contributed by atoms with Crippen molar-refractivity contribution in [1.29, 1.82) is 0 Å². The van der Waals surface area contributed by atoms with E-state index in [4.69, 9.17) is 18.0 Å². The Hall–Kier alpha value is -1.33. The maximum absolute atomic E-state index is 12.6. The highest BCUT2D eigenvalue weighted by Crippen LogP contribution is 2.19. The lowest BCUT2D eigenvalue weighted by atomic mass is 10.1. The molecule has 1 nitrogen and oxygen atoms in total. The van der Waals surface area contributed by atoms with Gasteiger partial charge in [-0.05, 0) is 18.2 Å². The Morgan fingerprint density at radius 1 is 1.57 bits per heavy atom. The monoisotopic (exact) mass is 210 g/mol. The quantitative estimate of drug-likeness (QED) is 0.554. The minimum absolute atomic E-state index is 0.132. The molecule has 0 heterocycles. The first-order valence-corrected chi connectivity index (χ1v) is 4.44. The zero-order valence-corrected chi connectivity index (χ0v) is 8.14. The summed E-state index contributed by atoms with van der Waals surface area (Å²) in [5.74, 6) is 1.75. The van der Waals surface area contributed by atoms with Crippen LogP contribution in [0.1, 0.15) is 23.2 Å². The van der Waals surface area contributed by atoms with Gasteiger partial charge in [-0.3, -0.25) is 4.79 Å². The van der Waals surface area contributed by atoms with Gasteiger partial charge in [0.15, 0.2) is 5.78 Å². The van der Waals surface area contributed by atoms with Crippen LogP contribution in [-0.4, -0.2) is 5.78 Å². The lowest BCUT2D eigenvalue weighted by Gasteiger charge is -2.01. The fourth-order valence-electron chi connectivity index (χ4n) is 1.04. The van der Waals surface area contributed by atoms with Crippen molar-refractivity contribution in [2.24, 2.45) is 0 Å². The van der Waals surface area contributed by atoms with E-state index in [2.05, 4.69) is 5.92 Å². The maximum Gasteiger partial charge on any atom is 0.165 e. The summed E-state index contributed by atoms with van der Waals surface area (Å²) < 4.78 is 12.6. The first-order valence-electron chi connectivity index (χ1n) is 4.07. The average molecular weight is 211 g/mol. The van der Waals surface area contributed by atoms with Crippen molar-refractivity contribution in [3.8, 4) is 12.3 Å². The second-order valence-corrected chi connectivity index (χ2v) is 3.16. The van der Waals surface area contributed by atoms with Crippen LogP contribution in [0.25, 0.3) is 0 Å². The molecule has 0 unspecified atom stereocenters. The molecule has 0 bridgehead atoms. The fourth-order valence-corrected chi connectivity index (χ4v) is 1.31. The lowest BCUT2D eigenvalue weighted by molar-refractivity contribution is 0.0984. The molecule has 0 fully saturated rings. The van der Waals surface area contributed by atoms with Gasteiger partial charge in [-0.25, -0.2) is 4.39 Å². The molecule has 0 aliphatic heterocycles. The van der Waals surface area contributed by atoms with Crippen molar-refractivity contribution in [3.63, 3.8) is 0 Å². The number of hydrogen-bond acceptors (Lipinski definition) is 1. The Labute approximate surface area is 86.9 Å². The van der Waals surface area contributed by atoms with Crippen LogP contribution in [0.3, 0.4) is 0 Å². The molecule has 1 aromatic carbocycles. The molecule has 0 aliphatic carbocycles. The first kappa shape index (κ1) is 10.7. The zero-order valence-electron chi connectivity index (χ0n) is 7.39. The summed E-state index contributed by atoms with van der Waals surface area (Å²) in [5.41, 5.74) is 0.323. The fraction of sp³-hybridized carbons (Fsp3) is 0.182. The molecule has 3 heteroatoms. The van der Waals surface area contributed by atoms with Gasteiger partial charge >= 0.3 is 0 Å². The molecule has 14 heavy (non-hydrogen) atoms. The number of ketones is 1. The molecule has 0 aromatic heterocycles. The molecule has 72 valence electrons. The van der Waals surface area contributed by atoms with Crippen molar-refractivity contribution >= 4 is 17.4 Å². The Morgan fingerprint density at radius 3 is 2.86 bits per heavy atom. The van der Waals surface area contributed by atoms with Gasteiger partial charge in [0, 0.05) is 18.4 Å². The van der Waals surface area contributed by atoms with Crippen molar-refractivity contribution in [2.45, 2.75) is 12.8 Å². The van der Waals surface area contributed by atoms with Gasteiger partial charge in [-0.1, -0.05) is 11.6 Å². The predicted octanol–water partition coefficient (Wildman–Crippen LogP) is 3.08. The van der Waals surface area contributed by atoms with Gasteiger partial charge in [-0.2, -0.15) is 0 Å². The van der Waals surface area contributed by atoms with Gasteiger partial charge in [-0.15, -0.1) is 12.3 Å². The highest BCUT2D eigenvalue weighted by Gasteiger charge is 2.09. The summed E-state index contributed by atoms with van der Waals surface area (Å²) in [6.07, 6.45) is 5.63. The smallest absolute Gasteiger partial charge is 0.165 e. The highest BCUT2D eigenvalue weighted by atomic mass is 35.5. The number of Topliss-reactive ketones (excluding diaryl/α,β-unsaturated/α-hetero) is 1. The van der Waals surface area contributed by atoms with Crippen LogP contribution < -0.4 is 0 Å². The zero-order chi connectivity index (χ0) is 10.6. The molecular weight excluding hydrogens is 203 g/mol. The van der Waals surface area contributed by atoms with E-state index in [1.807, 2.05) is 0 Å². The number of carbonyl (C=O) groups excluding carboxylic acids is 1. The van der Waals surface area contributed by atoms with E-state index < -0.39 is 5.82 Å². The van der Waals surface area contributed by atoms with Crippen LogP contribution in [0, 0.1) is 18.2 Å². The molecule has 0 radical (unpaired) electrons. The number of rotatable bonds is 3. The Balaban J connectivity index is 2.86. The van der Waals surface area contributed by atoms with Gasteiger partial charge in [0.2, 0.25) is 0 Å². The first-order chi connectivity index (χ1) is 6.65. The van der Waals surface area contributed by atoms with Gasteiger partial charge < -0.3 is 0 Å². The van der Waals surface area contributed by atoms with Crippen LogP contribution in [0.4, 0.5) is 4.39 Å². The highest BCUT2D eigenvalue weighted by molar-refractivity contribution is 6.33. The molecule has 0 aliphatic rings. The summed E-state index contributed by atoms with van der Waals surface area (Å²) in [7, 11) is 0. The Bertz CT molecular complexity index is 393. The Kier molecular flexibility index (Phi) is 3.67. The normalized spacial score (nSPS) is 9.50. The largest absolute Gasteiger partial charge is 0.294 e. The van der Waals surface area contributed by atoms with Crippen molar-refractivity contribution in [1.82, 2.24) is 0 Å². The van der Waals surface area contributed by atoms with E-state index in [-0.39, 0.29) is 17.2 Å². The Morgan fingerprint density at radius 2 is 2.29 bits per heavy atom. The van der Waals surface area contributed by atoms with Crippen molar-refractivity contribution in [2.75, 3.05) is 0 Å². The van der Waals surface area contributed by atoms with Crippen LogP contribution in [0.2, 0.25) is 5.02 Å². The summed E-state index contributed by atoms with van der Waals surface area (Å²) in [6.45, 7) is 0. The average Bonchev–Trinajstić information content (AvgIpc) is 2.14. The summed E-state index contributed by atoms with van der Waals surface area (Å²) in [6, 6.07) is 3.69. The number of terminal acetylenes is 1. The van der Waals surface area contributed by atoms with Crippen LogP contribution in [0.15, 0.2) is 18.2 Å². The maximum atomic E-state index is 12.6. The minimum atomic E-state index is -0.455. The van der Waals surface area contributed by atoms with E-state index in [0.29, 0.717) is 12.0 Å². The molecule has 0 amide bonds. The third-order valence-electron chi connectivity index (χ3n) is 1.73. The molecule has 0 spiro atoms. The summed E-state index contributed by atoms with van der Waals surface area (Å²) in [5, 5.41) is 0.132. The molecule has 0 atom stereocenters. The SMILES string of the molecule is C#CCCC(=O)c1ccc(F)cc1Cl. The number of benzene rings is 1. The summed E-state index contributed by atoms with van der Waals surface area (Å²) in [4.78, 5) is 11.4. The predicted molar refractivity (Wildman–Crippen MR) is 53.8 cm³/mol. The van der Waals surface area contributed by atoms with Crippen molar-refractivity contribution < 1.29 is 9.18 Å². The standard InChI is InChI=1S/C11H8ClFO/c1-2-3-4-11(14)9-6-5-8(13)7-10(9)12/h1,5-7H,3-4H2. The molecule has 1 aromatic rings. The number of halogens is 2. The number of carbonyl (C=O) groups is 1. The summed E-state index contributed by atoms with van der Waals surface area (Å²) >= 11 is 5.69. The third kappa shape index (κ3) is 2.58. The minimum Gasteiger partial charge on any atom is -0.294 e. The van der Waals surface area contributed by atoms with Crippen LogP contribution >= 0.6 is 11.6 Å². The molecular formula is C11H8ClFO. The van der Waals surface area contributed by atoms with Crippen LogP contribution in [0.5, 0.6) is 0 Å². The second kappa shape index (κ2) is 4.78. The van der Waals surface area contributed by atoms with Gasteiger partial charge in [0.05, 0.1) is 5.02 Å².